The van der Waals surface area contributed by atoms with Crippen LogP contribution in [0.15, 0.2) is 30.3 Å². The number of benzene rings is 1. The highest BCUT2D eigenvalue weighted by molar-refractivity contribution is 9.10. The fraction of sp³-hybridized carbons (Fsp3) is 0.571. The summed E-state index contributed by atoms with van der Waals surface area (Å²) < 4.78 is 5.42. The van der Waals surface area contributed by atoms with Crippen LogP contribution in [0.5, 0.6) is 0 Å². The highest BCUT2D eigenvalue weighted by Crippen LogP contribution is 2.64. The Balaban J connectivity index is 1.29. The van der Waals surface area contributed by atoms with E-state index >= 15 is 0 Å². The van der Waals surface area contributed by atoms with E-state index in [0.717, 1.165) is 37.7 Å². The maximum absolute atomic E-state index is 12.8. The first-order valence-electron chi connectivity index (χ1n) is 9.59. The van der Waals surface area contributed by atoms with E-state index in [1.807, 2.05) is 30.3 Å². The molecule has 1 aromatic carbocycles. The van der Waals surface area contributed by atoms with Crippen LogP contribution in [0, 0.1) is 17.3 Å². The summed E-state index contributed by atoms with van der Waals surface area (Å²) in [5, 5.41) is 2.30. The van der Waals surface area contributed by atoms with Crippen LogP contribution >= 0.6 is 15.9 Å². The van der Waals surface area contributed by atoms with Gasteiger partial charge in [-0.3, -0.25) is 19.7 Å². The number of ether oxygens (including phenoxy) is 1. The second-order valence-corrected chi connectivity index (χ2v) is 10.3. The molecule has 27 heavy (non-hydrogen) atoms. The van der Waals surface area contributed by atoms with E-state index in [-0.39, 0.29) is 16.7 Å². The molecule has 4 aliphatic carbocycles. The number of nitrogens with one attached hydrogen (secondary N) is 1. The lowest BCUT2D eigenvalue weighted by Crippen LogP contribution is -2.56. The van der Waals surface area contributed by atoms with Crippen molar-refractivity contribution in [2.24, 2.45) is 17.3 Å². The summed E-state index contributed by atoms with van der Waals surface area (Å²) in [5.41, 5.74) is 0.373. The molecule has 4 bridgehead atoms. The zero-order valence-corrected chi connectivity index (χ0v) is 16.8. The third-order valence-electron chi connectivity index (χ3n) is 6.24. The maximum Gasteiger partial charge on any atom is 0.312 e. The monoisotopic (exact) mass is 433 g/mol. The molecule has 6 heteroatoms. The van der Waals surface area contributed by atoms with Crippen LogP contribution in [-0.2, 0) is 25.5 Å². The van der Waals surface area contributed by atoms with Crippen molar-refractivity contribution < 1.29 is 19.1 Å². The van der Waals surface area contributed by atoms with Gasteiger partial charge in [-0.25, -0.2) is 0 Å². The third-order valence-corrected chi connectivity index (χ3v) is 7.17. The van der Waals surface area contributed by atoms with E-state index in [0.29, 0.717) is 11.8 Å². The van der Waals surface area contributed by atoms with Crippen molar-refractivity contribution in [1.82, 2.24) is 5.32 Å². The molecular formula is C21H24BrNO4. The predicted molar refractivity (Wildman–Crippen MR) is 103 cm³/mol. The molecule has 2 atom stereocenters. The van der Waals surface area contributed by atoms with Gasteiger partial charge in [-0.05, 0) is 55.9 Å². The van der Waals surface area contributed by atoms with Crippen molar-refractivity contribution in [2.75, 3.05) is 6.61 Å². The summed E-state index contributed by atoms with van der Waals surface area (Å²) in [4.78, 5) is 36.8. The number of halogens is 1. The molecule has 0 aromatic heterocycles. The van der Waals surface area contributed by atoms with Crippen molar-refractivity contribution in [3.05, 3.63) is 35.9 Å². The van der Waals surface area contributed by atoms with Gasteiger partial charge in [0.25, 0.3) is 5.91 Å². The van der Waals surface area contributed by atoms with Gasteiger partial charge in [0.15, 0.2) is 6.61 Å². The van der Waals surface area contributed by atoms with Crippen LogP contribution in [0.2, 0.25) is 0 Å². The van der Waals surface area contributed by atoms with Crippen molar-refractivity contribution >= 4 is 33.7 Å². The minimum Gasteiger partial charge on any atom is -0.455 e. The van der Waals surface area contributed by atoms with Gasteiger partial charge in [-0.2, -0.15) is 0 Å². The Morgan fingerprint density at radius 2 is 1.70 bits per heavy atom. The van der Waals surface area contributed by atoms with Gasteiger partial charge < -0.3 is 4.74 Å². The Labute approximate surface area is 167 Å². The fourth-order valence-corrected chi connectivity index (χ4v) is 7.14. The van der Waals surface area contributed by atoms with E-state index in [4.69, 9.17) is 4.74 Å². The molecule has 5 rings (SSSR count). The second-order valence-electron chi connectivity index (χ2n) is 8.60. The molecule has 4 aliphatic rings. The topological polar surface area (TPSA) is 72.5 Å². The standard InChI is InChI=1S/C21H24BrNO4/c22-21-10-15-6-16(11-21)9-20(8-15,13-21)19(26)27-12-18(25)23-17(24)7-14-4-2-1-3-5-14/h1-5,15-16H,6-13H2,(H,23,24,25). The number of hydrogen-bond donors (Lipinski definition) is 1. The van der Waals surface area contributed by atoms with Crippen molar-refractivity contribution in [1.29, 1.82) is 0 Å². The zero-order valence-electron chi connectivity index (χ0n) is 15.2. The van der Waals surface area contributed by atoms with Crippen molar-refractivity contribution in [3.63, 3.8) is 0 Å². The normalized spacial score (nSPS) is 33.5. The first-order chi connectivity index (χ1) is 12.9. The summed E-state index contributed by atoms with van der Waals surface area (Å²) in [6, 6.07) is 9.21. The quantitative estimate of drug-likeness (QED) is 0.571. The average molecular weight is 434 g/mol. The summed E-state index contributed by atoms with van der Waals surface area (Å²) in [7, 11) is 0. The van der Waals surface area contributed by atoms with Crippen LogP contribution in [0.25, 0.3) is 0 Å². The molecule has 144 valence electrons. The third kappa shape index (κ3) is 3.96. The summed E-state index contributed by atoms with van der Waals surface area (Å²) in [6.45, 7) is -0.397. The van der Waals surface area contributed by atoms with Gasteiger partial charge in [0.1, 0.15) is 0 Å². The minimum absolute atomic E-state index is 0.0595. The van der Waals surface area contributed by atoms with Gasteiger partial charge in [-0.1, -0.05) is 46.3 Å². The predicted octanol–water partition coefficient (Wildman–Crippen LogP) is 3.15. The number of hydrogen-bond acceptors (Lipinski definition) is 4. The van der Waals surface area contributed by atoms with Crippen LogP contribution in [0.4, 0.5) is 0 Å². The minimum atomic E-state index is -0.567. The molecule has 0 spiro atoms. The molecule has 5 nitrogen and oxygen atoms in total. The van der Waals surface area contributed by atoms with Crippen LogP contribution in [0.3, 0.4) is 0 Å². The molecule has 2 unspecified atom stereocenters. The van der Waals surface area contributed by atoms with E-state index in [1.165, 1.54) is 6.42 Å². The SMILES string of the molecule is O=C(COC(=O)C12CC3CC(CC(Br)(C3)C1)C2)NC(=O)Cc1ccccc1. The molecule has 0 radical (unpaired) electrons. The highest BCUT2D eigenvalue weighted by atomic mass is 79.9. The maximum atomic E-state index is 12.8. The molecule has 4 saturated carbocycles. The lowest BCUT2D eigenvalue weighted by molar-refractivity contribution is -0.171. The Kier molecular flexibility index (Phi) is 4.87. The Morgan fingerprint density at radius 3 is 2.33 bits per heavy atom. The van der Waals surface area contributed by atoms with Gasteiger partial charge in [0, 0.05) is 4.32 Å². The number of amides is 2. The van der Waals surface area contributed by atoms with E-state index < -0.39 is 23.8 Å². The number of esters is 1. The fourth-order valence-electron chi connectivity index (χ4n) is 5.69. The Bertz CT molecular complexity index is 749. The Hall–Kier alpha value is -1.69. The van der Waals surface area contributed by atoms with Gasteiger partial charge in [-0.15, -0.1) is 0 Å². The molecule has 4 fully saturated rings. The van der Waals surface area contributed by atoms with E-state index in [1.54, 1.807) is 0 Å². The Morgan fingerprint density at radius 1 is 1.04 bits per heavy atom. The highest BCUT2D eigenvalue weighted by Gasteiger charge is 2.60. The smallest absolute Gasteiger partial charge is 0.312 e. The second kappa shape index (κ2) is 7.04. The van der Waals surface area contributed by atoms with Crippen LogP contribution in [0.1, 0.15) is 44.1 Å². The summed E-state index contributed by atoms with van der Waals surface area (Å²) in [5.74, 6) is -0.0935. The molecule has 1 aromatic rings. The molecule has 0 aliphatic heterocycles. The van der Waals surface area contributed by atoms with Crippen LogP contribution < -0.4 is 5.32 Å². The van der Waals surface area contributed by atoms with Crippen molar-refractivity contribution in [3.8, 4) is 0 Å². The number of carbonyl (C=O) groups is 3. The zero-order chi connectivity index (χ0) is 19.1. The van der Waals surface area contributed by atoms with Crippen LogP contribution in [-0.4, -0.2) is 28.7 Å². The lowest BCUT2D eigenvalue weighted by Gasteiger charge is -2.58. The van der Waals surface area contributed by atoms with Gasteiger partial charge >= 0.3 is 5.97 Å². The average Bonchev–Trinajstić information content (AvgIpc) is 2.58. The first-order valence-corrected chi connectivity index (χ1v) is 10.4. The first kappa shape index (κ1) is 18.7. The largest absolute Gasteiger partial charge is 0.455 e. The van der Waals surface area contributed by atoms with Crippen molar-refractivity contribution in [2.45, 2.75) is 49.3 Å². The number of carbonyl (C=O) groups excluding carboxylic acids is 3. The summed E-state index contributed by atoms with van der Waals surface area (Å²) >= 11 is 3.87. The van der Waals surface area contributed by atoms with Gasteiger partial charge in [0.2, 0.25) is 5.91 Å². The summed E-state index contributed by atoms with van der Waals surface area (Å²) in [6.07, 6.45) is 6.12. The lowest BCUT2D eigenvalue weighted by atomic mass is 9.49. The van der Waals surface area contributed by atoms with Gasteiger partial charge in [0.05, 0.1) is 11.8 Å². The molecular weight excluding hydrogens is 410 g/mol. The molecule has 0 saturated heterocycles. The van der Waals surface area contributed by atoms with E-state index in [9.17, 15) is 14.4 Å². The number of alkyl halides is 1. The molecule has 0 heterocycles. The molecule has 2 amide bonds. The molecule has 1 N–H and O–H groups in total. The number of imide groups is 1. The number of rotatable bonds is 5. The van der Waals surface area contributed by atoms with E-state index in [2.05, 4.69) is 21.2 Å².